The van der Waals surface area contributed by atoms with Crippen molar-refractivity contribution in [3.05, 3.63) is 75.8 Å². The van der Waals surface area contributed by atoms with Gasteiger partial charge in [-0.2, -0.15) is 0 Å². The van der Waals surface area contributed by atoms with Crippen LogP contribution < -0.4 is 0 Å². The molecular formula is C22H23ClO2S. The maximum atomic E-state index is 13.2. The van der Waals surface area contributed by atoms with Crippen LogP contribution in [0.2, 0.25) is 5.02 Å². The molecule has 136 valence electrons. The fourth-order valence-electron chi connectivity index (χ4n) is 3.27. The largest absolute Gasteiger partial charge is 0.223 e. The number of rotatable bonds is 4. The molecule has 0 bridgehead atoms. The highest BCUT2D eigenvalue weighted by atomic mass is 35.5. The van der Waals surface area contributed by atoms with Crippen LogP contribution in [0.5, 0.6) is 0 Å². The van der Waals surface area contributed by atoms with E-state index in [0.29, 0.717) is 15.8 Å². The lowest BCUT2D eigenvalue weighted by molar-refractivity contribution is 0.596. The second kappa shape index (κ2) is 7.05. The standard InChI is InChI=1S/C22H23ClO2S/c1-14(2)18-8-5-15(3)22-20(12-18)16(4)11-21(22)26(24,25)13-17-6-9-19(23)10-7-17/h5-12,14H,13H2,1-4H3. The first-order chi connectivity index (χ1) is 12.2. The molecule has 0 unspecified atom stereocenters. The minimum atomic E-state index is -3.46. The molecule has 1 aromatic rings. The fraction of sp³-hybridized carbons (Fsp3) is 0.273. The van der Waals surface area contributed by atoms with E-state index in [1.54, 1.807) is 24.3 Å². The second-order valence-electron chi connectivity index (χ2n) is 7.18. The number of sulfone groups is 1. The van der Waals surface area contributed by atoms with Gasteiger partial charge in [0.05, 0.1) is 10.6 Å². The van der Waals surface area contributed by atoms with E-state index in [0.717, 1.165) is 27.8 Å². The van der Waals surface area contributed by atoms with Crippen molar-refractivity contribution >= 4 is 21.4 Å². The summed E-state index contributed by atoms with van der Waals surface area (Å²) in [4.78, 5) is 0.420. The highest BCUT2D eigenvalue weighted by molar-refractivity contribution is 7.90. The van der Waals surface area contributed by atoms with Crippen LogP contribution in [0, 0.1) is 13.8 Å². The Balaban J connectivity index is 2.13. The van der Waals surface area contributed by atoms with Crippen LogP contribution in [-0.4, -0.2) is 8.42 Å². The molecule has 26 heavy (non-hydrogen) atoms. The number of aryl methyl sites for hydroxylation is 2. The number of halogens is 1. The van der Waals surface area contributed by atoms with Gasteiger partial charge in [0.25, 0.3) is 0 Å². The van der Waals surface area contributed by atoms with E-state index in [1.165, 1.54) is 5.56 Å². The van der Waals surface area contributed by atoms with Crippen LogP contribution in [-0.2, 0) is 15.6 Å². The average Bonchev–Trinajstić information content (AvgIpc) is 2.79. The molecule has 4 heteroatoms. The van der Waals surface area contributed by atoms with Crippen LogP contribution in [0.1, 0.15) is 42.0 Å². The first-order valence-corrected chi connectivity index (χ1v) is 10.7. The molecule has 0 heterocycles. The van der Waals surface area contributed by atoms with Crippen LogP contribution in [0.25, 0.3) is 11.1 Å². The summed E-state index contributed by atoms with van der Waals surface area (Å²) in [5, 5.41) is 0.602. The van der Waals surface area contributed by atoms with Gasteiger partial charge in [-0.3, -0.25) is 0 Å². The van der Waals surface area contributed by atoms with E-state index in [2.05, 4.69) is 26.0 Å². The van der Waals surface area contributed by atoms with Gasteiger partial charge in [-0.1, -0.05) is 55.8 Å². The Bertz CT molecular complexity index is 1020. The molecule has 0 aromatic heterocycles. The number of fused-ring (bicyclic) bond motifs is 1. The Hall–Kier alpha value is -1.84. The molecular weight excluding hydrogens is 364 g/mol. The molecule has 0 fully saturated rings. The Morgan fingerprint density at radius 2 is 1.58 bits per heavy atom. The highest BCUT2D eigenvalue weighted by Gasteiger charge is 2.25. The van der Waals surface area contributed by atoms with Crippen molar-refractivity contribution in [3.63, 3.8) is 0 Å². The SMILES string of the molecule is Cc1cc(S(=O)(=O)Cc2ccc(Cl)cc2)c2c(C)ccc(C(C)C)cc1-2. The minimum absolute atomic E-state index is 0.0300. The molecule has 0 aliphatic heterocycles. The molecule has 2 nitrogen and oxygen atoms in total. The number of hydrogen-bond acceptors (Lipinski definition) is 2. The molecule has 0 atom stereocenters. The van der Waals surface area contributed by atoms with Gasteiger partial charge >= 0.3 is 0 Å². The van der Waals surface area contributed by atoms with Crippen LogP contribution in [0.3, 0.4) is 0 Å². The zero-order chi connectivity index (χ0) is 19.1. The molecule has 2 aliphatic carbocycles. The number of hydrogen-bond donors (Lipinski definition) is 0. The van der Waals surface area contributed by atoms with E-state index in [4.69, 9.17) is 11.6 Å². The molecule has 1 aromatic carbocycles. The molecule has 0 radical (unpaired) electrons. The van der Waals surface area contributed by atoms with Crippen molar-refractivity contribution in [1.29, 1.82) is 0 Å². The predicted octanol–water partition coefficient (Wildman–Crippen LogP) is 6.16. The smallest absolute Gasteiger partial charge is 0.183 e. The lowest BCUT2D eigenvalue weighted by Crippen LogP contribution is -2.05. The third-order valence-corrected chi connectivity index (χ3v) is 6.75. The van der Waals surface area contributed by atoms with E-state index in [9.17, 15) is 8.42 Å². The maximum absolute atomic E-state index is 13.2. The zero-order valence-corrected chi connectivity index (χ0v) is 17.1. The van der Waals surface area contributed by atoms with Gasteiger partial charge in [0.2, 0.25) is 0 Å². The summed E-state index contributed by atoms with van der Waals surface area (Å²) in [5.74, 6) is 0.353. The summed E-state index contributed by atoms with van der Waals surface area (Å²) in [5.41, 5.74) is 5.78. The Kier molecular flexibility index (Phi) is 5.14. The van der Waals surface area contributed by atoms with Gasteiger partial charge in [0, 0.05) is 10.6 Å². The lowest BCUT2D eigenvalue weighted by Gasteiger charge is -2.08. The molecule has 2 aliphatic rings. The van der Waals surface area contributed by atoms with E-state index >= 15 is 0 Å². The highest BCUT2D eigenvalue weighted by Crippen LogP contribution is 2.39. The van der Waals surface area contributed by atoms with Crippen LogP contribution >= 0.6 is 11.6 Å². The van der Waals surface area contributed by atoms with Crippen molar-refractivity contribution in [2.45, 2.75) is 44.3 Å². The summed E-state index contributed by atoms with van der Waals surface area (Å²) in [7, 11) is -3.46. The zero-order valence-electron chi connectivity index (χ0n) is 15.5. The summed E-state index contributed by atoms with van der Waals surface area (Å²) >= 11 is 5.91. The molecule has 0 saturated heterocycles. The maximum Gasteiger partial charge on any atom is 0.183 e. The average molecular weight is 387 g/mol. The molecule has 0 spiro atoms. The molecule has 0 saturated carbocycles. The lowest BCUT2D eigenvalue weighted by atomic mass is 10.0. The van der Waals surface area contributed by atoms with Crippen molar-refractivity contribution in [3.8, 4) is 11.1 Å². The van der Waals surface area contributed by atoms with Crippen molar-refractivity contribution in [1.82, 2.24) is 0 Å². The summed E-state index contributed by atoms with van der Waals surface area (Å²) in [6.07, 6.45) is 0. The van der Waals surface area contributed by atoms with Gasteiger partial charge in [0.1, 0.15) is 0 Å². The van der Waals surface area contributed by atoms with Crippen molar-refractivity contribution in [2.24, 2.45) is 0 Å². The number of benzene rings is 1. The van der Waals surface area contributed by atoms with Gasteiger partial charge in [0.15, 0.2) is 9.84 Å². The third kappa shape index (κ3) is 3.65. The van der Waals surface area contributed by atoms with Crippen LogP contribution in [0.15, 0.2) is 53.4 Å². The Labute approximate surface area is 161 Å². The molecule has 0 amide bonds. The van der Waals surface area contributed by atoms with Crippen molar-refractivity contribution < 1.29 is 8.42 Å². The van der Waals surface area contributed by atoms with Gasteiger partial charge < -0.3 is 0 Å². The summed E-state index contributed by atoms with van der Waals surface area (Å²) in [6.45, 7) is 8.25. The normalized spacial score (nSPS) is 12.1. The Morgan fingerprint density at radius 1 is 0.923 bits per heavy atom. The van der Waals surface area contributed by atoms with Gasteiger partial charge in [-0.05, 0) is 65.8 Å². The first-order valence-electron chi connectivity index (χ1n) is 8.70. The fourth-order valence-corrected chi connectivity index (χ4v) is 5.12. The van der Waals surface area contributed by atoms with Crippen molar-refractivity contribution in [2.75, 3.05) is 0 Å². The van der Waals surface area contributed by atoms with Gasteiger partial charge in [-0.25, -0.2) is 8.42 Å². The summed E-state index contributed by atoms with van der Waals surface area (Å²) < 4.78 is 26.3. The quantitative estimate of drug-likeness (QED) is 0.538. The third-order valence-electron chi connectivity index (χ3n) is 4.79. The van der Waals surface area contributed by atoms with E-state index in [-0.39, 0.29) is 5.75 Å². The molecule has 0 N–H and O–H groups in total. The minimum Gasteiger partial charge on any atom is -0.223 e. The topological polar surface area (TPSA) is 34.1 Å². The monoisotopic (exact) mass is 386 g/mol. The van der Waals surface area contributed by atoms with E-state index in [1.807, 2.05) is 26.0 Å². The first kappa shape index (κ1) is 18.9. The van der Waals surface area contributed by atoms with E-state index < -0.39 is 9.84 Å². The molecule has 3 rings (SSSR count). The second-order valence-corrected chi connectivity index (χ2v) is 9.58. The Morgan fingerprint density at radius 3 is 2.19 bits per heavy atom. The van der Waals surface area contributed by atoms with Gasteiger partial charge in [-0.15, -0.1) is 0 Å². The van der Waals surface area contributed by atoms with Crippen LogP contribution in [0.4, 0.5) is 0 Å². The predicted molar refractivity (Wildman–Crippen MR) is 109 cm³/mol. The summed E-state index contributed by atoms with van der Waals surface area (Å²) in [6, 6.07) is 15.0.